The number of aromatic nitrogens is 2. The zero-order chi connectivity index (χ0) is 14.8. The van der Waals surface area contributed by atoms with E-state index >= 15 is 0 Å². The van der Waals surface area contributed by atoms with Gasteiger partial charge in [-0.05, 0) is 38.1 Å². The quantitative estimate of drug-likeness (QED) is 0.922. The van der Waals surface area contributed by atoms with Gasteiger partial charge in [-0.15, -0.1) is 10.2 Å². The van der Waals surface area contributed by atoms with Crippen molar-refractivity contribution in [1.82, 2.24) is 20.4 Å². The minimum Gasteiger partial charge on any atom is -0.419 e. The van der Waals surface area contributed by atoms with E-state index in [4.69, 9.17) is 4.42 Å². The topological polar surface area (TPSA) is 54.2 Å². The Labute approximate surface area is 132 Å². The fourth-order valence-electron chi connectivity index (χ4n) is 2.52. The van der Waals surface area contributed by atoms with Gasteiger partial charge in [-0.3, -0.25) is 4.90 Å². The first-order valence-corrected chi connectivity index (χ1v) is 7.97. The van der Waals surface area contributed by atoms with Crippen LogP contribution >= 0.6 is 15.9 Å². The number of hydrogen-bond acceptors (Lipinski definition) is 5. The summed E-state index contributed by atoms with van der Waals surface area (Å²) in [7, 11) is 0. The summed E-state index contributed by atoms with van der Waals surface area (Å²) in [5.74, 6) is 1.25. The lowest BCUT2D eigenvalue weighted by molar-refractivity contribution is 0.127. The predicted molar refractivity (Wildman–Crippen MR) is 84.8 cm³/mol. The van der Waals surface area contributed by atoms with Crippen LogP contribution in [0.2, 0.25) is 0 Å². The molecule has 1 N–H and O–H groups in total. The zero-order valence-electron chi connectivity index (χ0n) is 12.2. The highest BCUT2D eigenvalue weighted by Gasteiger charge is 2.24. The summed E-state index contributed by atoms with van der Waals surface area (Å²) in [5.41, 5.74) is 0.943. The third-order valence-electron chi connectivity index (χ3n) is 3.79. The summed E-state index contributed by atoms with van der Waals surface area (Å²) in [6.07, 6.45) is 0. The van der Waals surface area contributed by atoms with Gasteiger partial charge in [0.05, 0.1) is 6.54 Å². The average molecular weight is 351 g/mol. The van der Waals surface area contributed by atoms with Crippen LogP contribution in [-0.2, 0) is 6.54 Å². The van der Waals surface area contributed by atoms with Gasteiger partial charge in [0.15, 0.2) is 0 Å². The smallest absolute Gasteiger partial charge is 0.247 e. The molecule has 0 amide bonds. The molecule has 2 atom stereocenters. The van der Waals surface area contributed by atoms with E-state index in [2.05, 4.69) is 50.2 Å². The first-order chi connectivity index (χ1) is 10.1. The normalized spacial score (nSPS) is 23.4. The van der Waals surface area contributed by atoms with E-state index in [1.807, 2.05) is 24.3 Å². The average Bonchev–Trinajstić information content (AvgIpc) is 2.92. The molecule has 1 saturated heterocycles. The molecule has 0 aliphatic carbocycles. The van der Waals surface area contributed by atoms with E-state index in [1.54, 1.807) is 0 Å². The van der Waals surface area contributed by atoms with Crippen LogP contribution in [0.4, 0.5) is 0 Å². The molecule has 1 aromatic heterocycles. The first kappa shape index (κ1) is 14.7. The molecule has 0 bridgehead atoms. The Morgan fingerprint density at radius 2 is 2.05 bits per heavy atom. The summed E-state index contributed by atoms with van der Waals surface area (Å²) in [6.45, 7) is 7.10. The molecule has 2 aromatic rings. The standard InChI is InChI=1S/C15H19BrN4O/c1-10-8-20(11(2)7-17-10)9-14-18-19-15(21-14)12-3-5-13(16)6-4-12/h3-6,10-11,17H,7-9H2,1-2H3. The second-order valence-corrected chi connectivity index (χ2v) is 6.51. The molecule has 2 heterocycles. The predicted octanol–water partition coefficient (Wildman–Crippen LogP) is 2.68. The number of halogens is 1. The molecule has 2 unspecified atom stereocenters. The van der Waals surface area contributed by atoms with Gasteiger partial charge in [-0.25, -0.2) is 0 Å². The summed E-state index contributed by atoms with van der Waals surface area (Å²) in [5, 5.41) is 11.8. The van der Waals surface area contributed by atoms with Crippen LogP contribution in [0, 0.1) is 0 Å². The van der Waals surface area contributed by atoms with Gasteiger partial charge in [0.1, 0.15) is 0 Å². The second-order valence-electron chi connectivity index (χ2n) is 5.60. The van der Waals surface area contributed by atoms with Crippen molar-refractivity contribution in [3.05, 3.63) is 34.6 Å². The van der Waals surface area contributed by atoms with Gasteiger partial charge < -0.3 is 9.73 Å². The molecule has 3 rings (SSSR count). The molecule has 0 radical (unpaired) electrons. The number of rotatable bonds is 3. The SMILES string of the molecule is CC1CN(Cc2nnc(-c3ccc(Br)cc3)o2)C(C)CN1. The van der Waals surface area contributed by atoms with Crippen molar-refractivity contribution in [2.45, 2.75) is 32.5 Å². The fourth-order valence-corrected chi connectivity index (χ4v) is 2.78. The molecule has 0 saturated carbocycles. The first-order valence-electron chi connectivity index (χ1n) is 7.17. The van der Waals surface area contributed by atoms with Crippen LogP contribution in [0.15, 0.2) is 33.2 Å². The molecule has 0 spiro atoms. The van der Waals surface area contributed by atoms with Gasteiger partial charge in [-0.1, -0.05) is 15.9 Å². The zero-order valence-corrected chi connectivity index (χ0v) is 13.8. The van der Waals surface area contributed by atoms with Crippen LogP contribution in [0.1, 0.15) is 19.7 Å². The largest absolute Gasteiger partial charge is 0.419 e. The molecule has 1 aliphatic rings. The van der Waals surface area contributed by atoms with Crippen molar-refractivity contribution in [2.75, 3.05) is 13.1 Å². The Morgan fingerprint density at radius 1 is 1.29 bits per heavy atom. The van der Waals surface area contributed by atoms with Crippen molar-refractivity contribution < 1.29 is 4.42 Å². The Hall–Kier alpha value is -1.24. The van der Waals surface area contributed by atoms with Gasteiger partial charge in [0, 0.05) is 35.2 Å². The summed E-state index contributed by atoms with van der Waals surface area (Å²) >= 11 is 3.42. The van der Waals surface area contributed by atoms with E-state index < -0.39 is 0 Å². The highest BCUT2D eigenvalue weighted by molar-refractivity contribution is 9.10. The highest BCUT2D eigenvalue weighted by atomic mass is 79.9. The Kier molecular flexibility index (Phi) is 4.37. The molecular formula is C15H19BrN4O. The van der Waals surface area contributed by atoms with Crippen molar-refractivity contribution in [3.8, 4) is 11.5 Å². The van der Waals surface area contributed by atoms with E-state index in [0.717, 1.165) is 23.1 Å². The van der Waals surface area contributed by atoms with Crippen LogP contribution in [0.5, 0.6) is 0 Å². The number of benzene rings is 1. The monoisotopic (exact) mass is 350 g/mol. The Morgan fingerprint density at radius 3 is 2.81 bits per heavy atom. The van der Waals surface area contributed by atoms with Crippen molar-refractivity contribution >= 4 is 15.9 Å². The van der Waals surface area contributed by atoms with E-state index in [-0.39, 0.29) is 0 Å². The molecule has 1 fully saturated rings. The van der Waals surface area contributed by atoms with Crippen molar-refractivity contribution in [1.29, 1.82) is 0 Å². The van der Waals surface area contributed by atoms with E-state index in [9.17, 15) is 0 Å². The van der Waals surface area contributed by atoms with E-state index in [1.165, 1.54) is 0 Å². The number of nitrogens with zero attached hydrogens (tertiary/aromatic N) is 3. The fraction of sp³-hybridized carbons (Fsp3) is 0.467. The van der Waals surface area contributed by atoms with Gasteiger partial charge >= 0.3 is 0 Å². The highest BCUT2D eigenvalue weighted by Crippen LogP contribution is 2.21. The maximum atomic E-state index is 5.80. The third kappa shape index (κ3) is 3.51. The molecular weight excluding hydrogens is 332 g/mol. The van der Waals surface area contributed by atoms with Crippen molar-refractivity contribution in [2.24, 2.45) is 0 Å². The number of hydrogen-bond donors (Lipinski definition) is 1. The maximum Gasteiger partial charge on any atom is 0.247 e. The van der Waals surface area contributed by atoms with Crippen LogP contribution in [-0.4, -0.2) is 40.3 Å². The molecule has 5 nitrogen and oxygen atoms in total. The summed E-state index contributed by atoms with van der Waals surface area (Å²) in [6, 6.07) is 8.85. The Bertz CT molecular complexity index is 598. The summed E-state index contributed by atoms with van der Waals surface area (Å²) in [4.78, 5) is 2.38. The molecule has 6 heteroatoms. The third-order valence-corrected chi connectivity index (χ3v) is 4.32. The molecule has 1 aliphatic heterocycles. The molecule has 1 aromatic carbocycles. The minimum absolute atomic E-state index is 0.476. The van der Waals surface area contributed by atoms with Crippen LogP contribution in [0.3, 0.4) is 0 Å². The van der Waals surface area contributed by atoms with Crippen LogP contribution in [0.25, 0.3) is 11.5 Å². The molecule has 21 heavy (non-hydrogen) atoms. The lowest BCUT2D eigenvalue weighted by atomic mass is 10.1. The minimum atomic E-state index is 0.476. The lowest BCUT2D eigenvalue weighted by Gasteiger charge is -2.36. The molecule has 112 valence electrons. The summed E-state index contributed by atoms with van der Waals surface area (Å²) < 4.78 is 6.83. The number of nitrogens with one attached hydrogen (secondary N) is 1. The van der Waals surface area contributed by atoms with Crippen molar-refractivity contribution in [3.63, 3.8) is 0 Å². The second kappa shape index (κ2) is 6.25. The lowest BCUT2D eigenvalue weighted by Crippen LogP contribution is -2.53. The van der Waals surface area contributed by atoms with Crippen LogP contribution < -0.4 is 5.32 Å². The van der Waals surface area contributed by atoms with Gasteiger partial charge in [0.25, 0.3) is 0 Å². The van der Waals surface area contributed by atoms with Gasteiger partial charge in [-0.2, -0.15) is 0 Å². The van der Waals surface area contributed by atoms with E-state index in [0.29, 0.717) is 30.4 Å². The number of piperazine rings is 1. The maximum absolute atomic E-state index is 5.80. The Balaban J connectivity index is 1.71. The van der Waals surface area contributed by atoms with Gasteiger partial charge in [0.2, 0.25) is 11.8 Å².